The Morgan fingerprint density at radius 1 is 1.36 bits per heavy atom. The lowest BCUT2D eigenvalue weighted by Crippen LogP contribution is -2.41. The molecule has 0 aliphatic carbocycles. The molecule has 1 aromatic heterocycles. The predicted molar refractivity (Wildman–Crippen MR) is 86.7 cm³/mol. The highest BCUT2D eigenvalue weighted by Crippen LogP contribution is 2.20. The molecule has 22 heavy (non-hydrogen) atoms. The van der Waals surface area contributed by atoms with Gasteiger partial charge in [0, 0.05) is 18.8 Å². The summed E-state index contributed by atoms with van der Waals surface area (Å²) in [6.45, 7) is 5.44. The van der Waals surface area contributed by atoms with Crippen LogP contribution in [0, 0.1) is 12.8 Å². The van der Waals surface area contributed by atoms with E-state index in [-0.39, 0.29) is 17.8 Å². The van der Waals surface area contributed by atoms with Crippen molar-refractivity contribution in [3.8, 4) is 0 Å². The first-order chi connectivity index (χ1) is 10.6. The summed E-state index contributed by atoms with van der Waals surface area (Å²) in [5.41, 5.74) is 1.91. The average molecular weight is 343 g/mol. The van der Waals surface area contributed by atoms with E-state index in [1.807, 2.05) is 18.7 Å². The molecule has 0 bridgehead atoms. The average Bonchev–Trinajstić information content (AvgIpc) is 2.93. The maximum Gasteiger partial charge on any atom is 0.309 e. The van der Waals surface area contributed by atoms with Crippen molar-refractivity contribution in [1.29, 1.82) is 0 Å². The molecule has 6 nitrogen and oxygen atoms in total. The summed E-state index contributed by atoms with van der Waals surface area (Å²) in [6, 6.07) is 0. The molecule has 0 aromatic carbocycles. The van der Waals surface area contributed by atoms with Crippen molar-refractivity contribution in [2.75, 3.05) is 25.4 Å². The Bertz CT molecular complexity index is 513. The number of nitrogens with zero attached hydrogens (tertiary/aromatic N) is 3. The Morgan fingerprint density at radius 2 is 2.09 bits per heavy atom. The molecule has 1 amide bonds. The van der Waals surface area contributed by atoms with Crippen LogP contribution in [0.3, 0.4) is 0 Å². The van der Waals surface area contributed by atoms with Crippen LogP contribution in [0.15, 0.2) is 0 Å². The van der Waals surface area contributed by atoms with Crippen LogP contribution in [-0.2, 0) is 20.1 Å². The first kappa shape index (κ1) is 17.2. The molecule has 1 aliphatic heterocycles. The highest BCUT2D eigenvalue weighted by Gasteiger charge is 2.27. The summed E-state index contributed by atoms with van der Waals surface area (Å²) in [4.78, 5) is 25.7. The van der Waals surface area contributed by atoms with E-state index in [9.17, 15) is 9.59 Å². The van der Waals surface area contributed by atoms with Gasteiger partial charge in [0.05, 0.1) is 41.4 Å². The fraction of sp³-hybridized carbons (Fsp3) is 0.714. The molecule has 0 spiro atoms. The molecule has 1 aromatic rings. The smallest absolute Gasteiger partial charge is 0.309 e. The molecular weight excluding hydrogens is 322 g/mol. The number of aromatic nitrogens is 2. The van der Waals surface area contributed by atoms with Gasteiger partial charge in [0.1, 0.15) is 0 Å². The summed E-state index contributed by atoms with van der Waals surface area (Å²) >= 11 is 2.77. The van der Waals surface area contributed by atoms with Crippen molar-refractivity contribution in [3.05, 3.63) is 11.4 Å². The Labute approximate surface area is 138 Å². The van der Waals surface area contributed by atoms with Gasteiger partial charge in [-0.3, -0.25) is 9.59 Å². The molecule has 122 valence electrons. The number of esters is 1. The lowest BCUT2D eigenvalue weighted by atomic mass is 9.97. The lowest BCUT2D eigenvalue weighted by Gasteiger charge is -2.30. The van der Waals surface area contributed by atoms with Gasteiger partial charge in [0.2, 0.25) is 5.91 Å². The SMILES string of the molecule is CCOC(=O)C1CCN(C(=O)CSCc2nsnc2C)CC1. The van der Waals surface area contributed by atoms with E-state index in [2.05, 4.69) is 8.75 Å². The number of amides is 1. The third kappa shape index (κ3) is 4.67. The van der Waals surface area contributed by atoms with Crippen molar-refractivity contribution >= 4 is 35.4 Å². The fourth-order valence-electron chi connectivity index (χ4n) is 2.33. The first-order valence-electron chi connectivity index (χ1n) is 7.42. The van der Waals surface area contributed by atoms with Crippen molar-refractivity contribution in [2.45, 2.75) is 32.4 Å². The Hall–Kier alpha value is -1.15. The van der Waals surface area contributed by atoms with Crippen molar-refractivity contribution < 1.29 is 14.3 Å². The van der Waals surface area contributed by atoms with E-state index in [0.29, 0.717) is 44.0 Å². The minimum absolute atomic E-state index is 0.0552. The molecule has 2 heterocycles. The zero-order chi connectivity index (χ0) is 15.9. The molecule has 1 aliphatic rings. The van der Waals surface area contributed by atoms with Crippen LogP contribution in [-0.4, -0.2) is 51.0 Å². The van der Waals surface area contributed by atoms with Crippen LogP contribution in [0.1, 0.15) is 31.2 Å². The van der Waals surface area contributed by atoms with Crippen molar-refractivity contribution in [3.63, 3.8) is 0 Å². The third-order valence-electron chi connectivity index (χ3n) is 3.68. The number of hydrogen-bond donors (Lipinski definition) is 0. The van der Waals surface area contributed by atoms with E-state index in [0.717, 1.165) is 11.4 Å². The maximum atomic E-state index is 12.2. The van der Waals surface area contributed by atoms with Gasteiger partial charge in [-0.1, -0.05) is 0 Å². The number of thioether (sulfide) groups is 1. The molecule has 0 saturated carbocycles. The Kier molecular flexibility index (Phi) is 6.63. The number of piperidine rings is 1. The van der Waals surface area contributed by atoms with Crippen LogP contribution in [0.2, 0.25) is 0 Å². The zero-order valence-corrected chi connectivity index (χ0v) is 14.5. The number of rotatable bonds is 6. The molecule has 1 fully saturated rings. The quantitative estimate of drug-likeness (QED) is 0.735. The van der Waals surface area contributed by atoms with Gasteiger partial charge in [-0.05, 0) is 26.7 Å². The van der Waals surface area contributed by atoms with Crippen molar-refractivity contribution in [2.24, 2.45) is 5.92 Å². The second-order valence-corrected chi connectivity index (χ2v) is 6.71. The van der Waals surface area contributed by atoms with Crippen LogP contribution in [0.4, 0.5) is 0 Å². The molecular formula is C14H21N3O3S2. The number of hydrogen-bond acceptors (Lipinski definition) is 7. The second-order valence-electron chi connectivity index (χ2n) is 5.20. The second kappa shape index (κ2) is 8.47. The summed E-state index contributed by atoms with van der Waals surface area (Å²) in [5.74, 6) is 1.11. The fourth-order valence-corrected chi connectivity index (χ4v) is 3.90. The lowest BCUT2D eigenvalue weighted by molar-refractivity contribution is -0.151. The molecule has 2 rings (SSSR count). The van der Waals surface area contributed by atoms with Gasteiger partial charge in [0.25, 0.3) is 0 Å². The number of aryl methyl sites for hydroxylation is 1. The van der Waals surface area contributed by atoms with E-state index in [4.69, 9.17) is 4.74 Å². The largest absolute Gasteiger partial charge is 0.466 e. The van der Waals surface area contributed by atoms with Crippen LogP contribution >= 0.6 is 23.5 Å². The molecule has 0 N–H and O–H groups in total. The van der Waals surface area contributed by atoms with Crippen LogP contribution in [0.5, 0.6) is 0 Å². The zero-order valence-electron chi connectivity index (χ0n) is 12.9. The summed E-state index contributed by atoms with van der Waals surface area (Å²) in [7, 11) is 0. The normalized spacial score (nSPS) is 15.8. The summed E-state index contributed by atoms with van der Waals surface area (Å²) in [5, 5.41) is 0. The predicted octanol–water partition coefficient (Wildman–Crippen LogP) is 1.88. The third-order valence-corrected chi connectivity index (χ3v) is 5.26. The van der Waals surface area contributed by atoms with E-state index < -0.39 is 0 Å². The van der Waals surface area contributed by atoms with Crippen LogP contribution < -0.4 is 0 Å². The van der Waals surface area contributed by atoms with Gasteiger partial charge in [-0.25, -0.2) is 0 Å². The standard InChI is InChI=1S/C14H21N3O3S2/c1-3-20-14(19)11-4-6-17(7-5-11)13(18)9-21-8-12-10(2)15-22-16-12/h11H,3-9H2,1-2H3. The maximum absolute atomic E-state index is 12.2. The molecule has 0 radical (unpaired) electrons. The minimum atomic E-state index is -0.129. The number of likely N-dealkylation sites (tertiary alicyclic amines) is 1. The van der Waals surface area contributed by atoms with Gasteiger partial charge in [-0.15, -0.1) is 11.8 Å². The molecule has 0 unspecified atom stereocenters. The van der Waals surface area contributed by atoms with Gasteiger partial charge in [-0.2, -0.15) is 8.75 Å². The molecule has 0 atom stereocenters. The number of carbonyl (C=O) groups excluding carboxylic acids is 2. The van der Waals surface area contributed by atoms with Gasteiger partial charge in [0.15, 0.2) is 0 Å². The summed E-state index contributed by atoms with van der Waals surface area (Å²) < 4.78 is 13.4. The monoisotopic (exact) mass is 343 g/mol. The highest BCUT2D eigenvalue weighted by molar-refractivity contribution is 7.99. The van der Waals surface area contributed by atoms with E-state index in [1.165, 1.54) is 11.7 Å². The Balaban J connectivity index is 1.69. The number of ether oxygens (including phenoxy) is 1. The topological polar surface area (TPSA) is 72.4 Å². The van der Waals surface area contributed by atoms with E-state index >= 15 is 0 Å². The van der Waals surface area contributed by atoms with Crippen LogP contribution in [0.25, 0.3) is 0 Å². The molecule has 1 saturated heterocycles. The minimum Gasteiger partial charge on any atom is -0.466 e. The summed E-state index contributed by atoms with van der Waals surface area (Å²) in [6.07, 6.45) is 1.40. The van der Waals surface area contributed by atoms with E-state index in [1.54, 1.807) is 11.8 Å². The molecule has 8 heteroatoms. The van der Waals surface area contributed by atoms with Crippen molar-refractivity contribution in [1.82, 2.24) is 13.6 Å². The number of carbonyl (C=O) groups is 2. The highest BCUT2D eigenvalue weighted by atomic mass is 32.2. The van der Waals surface area contributed by atoms with Gasteiger partial charge < -0.3 is 9.64 Å². The first-order valence-corrected chi connectivity index (χ1v) is 9.30. The van der Waals surface area contributed by atoms with Gasteiger partial charge >= 0.3 is 5.97 Å². The Morgan fingerprint density at radius 3 is 2.68 bits per heavy atom.